The Morgan fingerprint density at radius 2 is 1.31 bits per heavy atom. The van der Waals surface area contributed by atoms with Crippen LogP contribution in [0.4, 0.5) is 17.6 Å². The highest BCUT2D eigenvalue weighted by molar-refractivity contribution is 5.85. The van der Waals surface area contributed by atoms with Gasteiger partial charge < -0.3 is 19.9 Å². The molecule has 0 aliphatic carbocycles. The smallest absolute Gasteiger partial charge is 0.187 e. The lowest BCUT2D eigenvalue weighted by Crippen LogP contribution is -2.15. The normalized spacial score (nSPS) is 13.1. The van der Waals surface area contributed by atoms with E-state index in [1.54, 1.807) is 12.1 Å². The van der Waals surface area contributed by atoms with Crippen LogP contribution >= 0.6 is 0 Å². The first-order valence-corrected chi connectivity index (χ1v) is 9.80. The van der Waals surface area contributed by atoms with Crippen molar-refractivity contribution in [3.63, 3.8) is 0 Å². The molecule has 4 aromatic heterocycles. The van der Waals surface area contributed by atoms with Gasteiger partial charge in [0.15, 0.2) is 23.3 Å². The average molecular weight is 434 g/mol. The number of H-pyrrole nitrogens is 4. The van der Waals surface area contributed by atoms with Crippen molar-refractivity contribution in [1.29, 1.82) is 0 Å². The molecule has 0 spiro atoms. The molecule has 0 amide bonds. The monoisotopic (exact) mass is 434 g/mol. The van der Waals surface area contributed by atoms with Crippen LogP contribution in [0.5, 0.6) is 0 Å². The van der Waals surface area contributed by atoms with E-state index in [9.17, 15) is 13.2 Å². The molecule has 1 aliphatic rings. The molecule has 6 rings (SSSR count). The van der Waals surface area contributed by atoms with E-state index in [4.69, 9.17) is 0 Å². The molecular weight excluding hydrogens is 420 g/mol. The lowest BCUT2D eigenvalue weighted by Gasteiger charge is -1.93. The van der Waals surface area contributed by atoms with Gasteiger partial charge in [-0.3, -0.25) is 0 Å². The summed E-state index contributed by atoms with van der Waals surface area (Å²) < 4.78 is 58.7. The van der Waals surface area contributed by atoms with Crippen LogP contribution < -0.4 is 21.4 Å². The number of aromatic nitrogens is 4. The number of nitrogens with one attached hydrogen (secondary N) is 4. The van der Waals surface area contributed by atoms with Gasteiger partial charge in [-0.25, -0.2) is 17.6 Å². The van der Waals surface area contributed by atoms with E-state index in [1.165, 1.54) is 6.08 Å². The highest BCUT2D eigenvalue weighted by Crippen LogP contribution is 2.22. The second kappa shape index (κ2) is 6.65. The molecule has 4 nitrogen and oxygen atoms in total. The lowest BCUT2D eigenvalue weighted by molar-refractivity contribution is 0.510. The third-order valence-electron chi connectivity index (χ3n) is 5.55. The molecule has 158 valence electrons. The van der Waals surface area contributed by atoms with Crippen LogP contribution in [0.25, 0.3) is 34.8 Å². The third-order valence-corrected chi connectivity index (χ3v) is 5.55. The summed E-state index contributed by atoms with van der Waals surface area (Å²) >= 11 is 0. The Labute approximate surface area is 176 Å². The fourth-order valence-electron chi connectivity index (χ4n) is 4.06. The number of halogens is 4. The number of hydrogen-bond acceptors (Lipinski definition) is 0. The molecule has 0 fully saturated rings. The van der Waals surface area contributed by atoms with Crippen LogP contribution in [0.3, 0.4) is 0 Å². The highest BCUT2D eigenvalue weighted by atomic mass is 19.2. The zero-order chi connectivity index (χ0) is 22.0. The molecule has 5 heterocycles. The minimum Gasteiger partial charge on any atom is -0.355 e. The molecule has 1 aliphatic heterocycles. The van der Waals surface area contributed by atoms with Gasteiger partial charge >= 0.3 is 0 Å². The molecule has 0 saturated heterocycles. The van der Waals surface area contributed by atoms with Crippen molar-refractivity contribution in [1.82, 2.24) is 19.9 Å². The van der Waals surface area contributed by atoms with E-state index < -0.39 is 34.3 Å². The summed E-state index contributed by atoms with van der Waals surface area (Å²) in [6.07, 6.45) is 4.84. The number of benzene rings is 1. The van der Waals surface area contributed by atoms with Gasteiger partial charge in [0, 0.05) is 38.2 Å². The van der Waals surface area contributed by atoms with Crippen molar-refractivity contribution in [3.8, 4) is 0 Å². The Hall–Kier alpha value is -4.20. The molecule has 8 bridgehead atoms. The largest absolute Gasteiger partial charge is 0.355 e. The zero-order valence-electron chi connectivity index (χ0n) is 16.3. The Balaban J connectivity index is 1.78. The fourth-order valence-corrected chi connectivity index (χ4v) is 4.06. The molecule has 0 saturated carbocycles. The molecule has 4 N–H and O–H groups in total. The number of rotatable bonds is 0. The second-order valence-corrected chi connectivity index (χ2v) is 7.60. The maximum Gasteiger partial charge on any atom is 0.187 e. The predicted octanol–water partition coefficient (Wildman–Crippen LogP) is 2.50. The first-order valence-electron chi connectivity index (χ1n) is 9.80. The van der Waals surface area contributed by atoms with E-state index >= 15 is 4.39 Å². The third kappa shape index (κ3) is 2.76. The van der Waals surface area contributed by atoms with Crippen LogP contribution in [-0.2, 0) is 0 Å². The van der Waals surface area contributed by atoms with Crippen molar-refractivity contribution in [2.75, 3.05) is 0 Å². The number of fused-ring (bicyclic) bond motifs is 11. The van der Waals surface area contributed by atoms with E-state index in [0.717, 1.165) is 27.9 Å². The van der Waals surface area contributed by atoms with Gasteiger partial charge in [0.25, 0.3) is 0 Å². The average Bonchev–Trinajstić information content (AvgIpc) is 3.52. The minimum absolute atomic E-state index is 0.264. The first-order chi connectivity index (χ1) is 15.5. The van der Waals surface area contributed by atoms with Crippen LogP contribution in [-0.4, -0.2) is 19.9 Å². The standard InChI is InChI=1S/C24H14F4N4/c25-16-8-13-7-11-5-6-12(29-11)9-17-14-3-1-2-4-15(14)18(31-17)10-19-20(26)21(27)24(32-19)22(28)23(16)30-13/h1-10,29-32H. The van der Waals surface area contributed by atoms with Gasteiger partial charge in [-0.2, -0.15) is 0 Å². The van der Waals surface area contributed by atoms with Crippen molar-refractivity contribution in [2.24, 2.45) is 0 Å². The van der Waals surface area contributed by atoms with Crippen LogP contribution in [0, 0.1) is 17.5 Å². The zero-order valence-corrected chi connectivity index (χ0v) is 16.3. The minimum atomic E-state index is -1.42. The summed E-state index contributed by atoms with van der Waals surface area (Å²) in [7, 11) is 0. The van der Waals surface area contributed by atoms with Crippen LogP contribution in [0.2, 0.25) is 0 Å². The second-order valence-electron chi connectivity index (χ2n) is 7.60. The van der Waals surface area contributed by atoms with Gasteiger partial charge in [0.2, 0.25) is 0 Å². The maximum absolute atomic E-state index is 15.0. The first kappa shape index (κ1) is 18.6. The van der Waals surface area contributed by atoms with Crippen molar-refractivity contribution >= 4 is 34.8 Å². The summed E-state index contributed by atoms with van der Waals surface area (Å²) in [6.45, 7) is 0. The number of aromatic amines is 4. The van der Waals surface area contributed by atoms with Crippen molar-refractivity contribution in [3.05, 3.63) is 104 Å². The molecule has 8 heteroatoms. The topological polar surface area (TPSA) is 63.2 Å². The van der Waals surface area contributed by atoms with E-state index in [0.29, 0.717) is 11.0 Å². The molecular formula is C24H14F4N4. The Kier molecular flexibility index (Phi) is 3.86. The predicted molar refractivity (Wildman–Crippen MR) is 113 cm³/mol. The lowest BCUT2D eigenvalue weighted by atomic mass is 10.2. The highest BCUT2D eigenvalue weighted by Gasteiger charge is 2.21. The Morgan fingerprint density at radius 1 is 0.625 bits per heavy atom. The number of hydrogen-bond donors (Lipinski definition) is 4. The van der Waals surface area contributed by atoms with E-state index in [1.807, 2.05) is 36.4 Å². The fraction of sp³-hybridized carbons (Fsp3) is 0. The molecule has 1 aromatic carbocycles. The SMILES string of the molecule is FC1=c2[nH]c(cc2F)=Cc2ccc([nH]2)C=c2[nH]c(c3ccccc23)=Cc2[nH]c1c(F)c2F. The summed E-state index contributed by atoms with van der Waals surface area (Å²) in [4.78, 5) is 11.4. The summed E-state index contributed by atoms with van der Waals surface area (Å²) in [6, 6.07) is 12.2. The van der Waals surface area contributed by atoms with Gasteiger partial charge in [-0.05, 0) is 36.4 Å². The Morgan fingerprint density at radius 3 is 2.06 bits per heavy atom. The van der Waals surface area contributed by atoms with Gasteiger partial charge in [0.05, 0.1) is 5.69 Å². The summed E-state index contributed by atoms with van der Waals surface area (Å²) in [5, 5.41) is 2.62. The van der Waals surface area contributed by atoms with Crippen molar-refractivity contribution in [2.45, 2.75) is 0 Å². The summed E-state index contributed by atoms with van der Waals surface area (Å²) in [5.41, 5.74) is 0.391. The molecule has 0 atom stereocenters. The summed E-state index contributed by atoms with van der Waals surface area (Å²) in [5.74, 6) is -4.86. The van der Waals surface area contributed by atoms with Gasteiger partial charge in [-0.1, -0.05) is 24.3 Å². The molecule has 0 radical (unpaired) electrons. The molecule has 5 aromatic rings. The van der Waals surface area contributed by atoms with Crippen LogP contribution in [0.1, 0.15) is 22.8 Å². The van der Waals surface area contributed by atoms with Gasteiger partial charge in [0.1, 0.15) is 11.0 Å². The maximum atomic E-state index is 15.0. The van der Waals surface area contributed by atoms with Crippen molar-refractivity contribution < 1.29 is 17.6 Å². The van der Waals surface area contributed by atoms with E-state index in [2.05, 4.69) is 19.9 Å². The Bertz CT molecular complexity index is 1780. The quantitative estimate of drug-likeness (QED) is 0.271. The molecule has 32 heavy (non-hydrogen) atoms. The van der Waals surface area contributed by atoms with Crippen LogP contribution in [0.15, 0.2) is 42.5 Å². The van der Waals surface area contributed by atoms with Gasteiger partial charge in [-0.15, -0.1) is 0 Å². The molecule has 0 unspecified atom stereocenters. The van der Waals surface area contributed by atoms with E-state index in [-0.39, 0.29) is 11.0 Å².